The van der Waals surface area contributed by atoms with Gasteiger partial charge in [-0.2, -0.15) is 0 Å². The van der Waals surface area contributed by atoms with Gasteiger partial charge in [-0.3, -0.25) is 0 Å². The Bertz CT molecular complexity index is 680. The number of hydrogen-bond acceptors (Lipinski definition) is 3. The number of fused-ring (bicyclic) bond motifs is 3. The van der Waals surface area contributed by atoms with Gasteiger partial charge in [0.1, 0.15) is 16.9 Å². The first-order valence-corrected chi connectivity index (χ1v) is 6.22. The molecule has 0 radical (unpaired) electrons. The minimum absolute atomic E-state index is 0.163. The summed E-state index contributed by atoms with van der Waals surface area (Å²) in [4.78, 5) is 11.4. The van der Waals surface area contributed by atoms with Crippen molar-refractivity contribution in [1.82, 2.24) is 0 Å². The second-order valence-electron chi connectivity index (χ2n) is 5.54. The van der Waals surface area contributed by atoms with Crippen LogP contribution in [0, 0.1) is 6.92 Å². The SMILES string of the molecule is Cc1cc(=O)oc2ccc3c(c12)OC(C)(C)CC3. The molecule has 0 unspecified atom stereocenters. The lowest BCUT2D eigenvalue weighted by Gasteiger charge is -2.33. The highest BCUT2D eigenvalue weighted by molar-refractivity contribution is 5.88. The quantitative estimate of drug-likeness (QED) is 0.668. The summed E-state index contributed by atoms with van der Waals surface area (Å²) in [5, 5.41) is 0.930. The van der Waals surface area contributed by atoms with E-state index in [1.165, 1.54) is 11.6 Å². The van der Waals surface area contributed by atoms with Gasteiger partial charge in [0.25, 0.3) is 0 Å². The molecule has 0 N–H and O–H groups in total. The average molecular weight is 244 g/mol. The van der Waals surface area contributed by atoms with Gasteiger partial charge in [0.05, 0.1) is 5.39 Å². The van der Waals surface area contributed by atoms with Crippen LogP contribution in [-0.2, 0) is 6.42 Å². The molecule has 0 aliphatic carbocycles. The van der Waals surface area contributed by atoms with E-state index in [1.807, 2.05) is 19.1 Å². The second-order valence-corrected chi connectivity index (χ2v) is 5.54. The van der Waals surface area contributed by atoms with Gasteiger partial charge in [-0.25, -0.2) is 4.79 Å². The molecule has 0 amide bonds. The Hall–Kier alpha value is -1.77. The van der Waals surface area contributed by atoms with Gasteiger partial charge in [-0.15, -0.1) is 0 Å². The second kappa shape index (κ2) is 3.61. The van der Waals surface area contributed by atoms with Crippen molar-refractivity contribution in [3.63, 3.8) is 0 Å². The lowest BCUT2D eigenvalue weighted by Crippen LogP contribution is -2.32. The molecule has 1 aromatic heterocycles. The van der Waals surface area contributed by atoms with Crippen molar-refractivity contribution in [3.05, 3.63) is 39.7 Å². The lowest BCUT2D eigenvalue weighted by atomic mass is 9.92. The van der Waals surface area contributed by atoms with E-state index in [0.717, 1.165) is 29.5 Å². The average Bonchev–Trinajstić information content (AvgIpc) is 2.26. The third kappa shape index (κ3) is 1.70. The van der Waals surface area contributed by atoms with E-state index in [4.69, 9.17) is 9.15 Å². The number of ether oxygens (including phenoxy) is 1. The Labute approximate surface area is 105 Å². The first-order valence-electron chi connectivity index (χ1n) is 6.22. The monoisotopic (exact) mass is 244 g/mol. The van der Waals surface area contributed by atoms with E-state index in [9.17, 15) is 4.79 Å². The molecule has 1 aliphatic heterocycles. The normalized spacial score (nSPS) is 17.3. The highest BCUT2D eigenvalue weighted by atomic mass is 16.5. The summed E-state index contributed by atoms with van der Waals surface area (Å²) in [5.74, 6) is 0.880. The molecule has 1 aromatic carbocycles. The Morgan fingerprint density at radius 1 is 1.28 bits per heavy atom. The Morgan fingerprint density at radius 2 is 2.06 bits per heavy atom. The predicted molar refractivity (Wildman–Crippen MR) is 70.2 cm³/mol. The van der Waals surface area contributed by atoms with E-state index in [-0.39, 0.29) is 11.2 Å². The van der Waals surface area contributed by atoms with E-state index in [0.29, 0.717) is 5.58 Å². The van der Waals surface area contributed by atoms with Gasteiger partial charge < -0.3 is 9.15 Å². The first kappa shape index (κ1) is 11.3. The summed E-state index contributed by atoms with van der Waals surface area (Å²) in [6.45, 7) is 6.09. The molecule has 0 atom stereocenters. The molecule has 0 spiro atoms. The van der Waals surface area contributed by atoms with Crippen LogP contribution in [0.15, 0.2) is 27.4 Å². The fourth-order valence-corrected chi connectivity index (χ4v) is 2.53. The summed E-state index contributed by atoms with van der Waals surface area (Å²) in [7, 11) is 0. The highest BCUT2D eigenvalue weighted by Gasteiger charge is 2.28. The molecule has 2 heterocycles. The van der Waals surface area contributed by atoms with E-state index in [2.05, 4.69) is 13.8 Å². The summed E-state index contributed by atoms with van der Waals surface area (Å²) in [6.07, 6.45) is 2.00. The van der Waals surface area contributed by atoms with E-state index in [1.54, 1.807) is 0 Å². The van der Waals surface area contributed by atoms with Crippen molar-refractivity contribution >= 4 is 11.0 Å². The van der Waals surface area contributed by atoms with Crippen LogP contribution in [0.3, 0.4) is 0 Å². The van der Waals surface area contributed by atoms with Crippen LogP contribution in [0.4, 0.5) is 0 Å². The Balaban J connectivity index is 2.35. The zero-order chi connectivity index (χ0) is 12.9. The first-order chi connectivity index (χ1) is 8.46. The zero-order valence-electron chi connectivity index (χ0n) is 10.9. The Kier molecular flexibility index (Phi) is 2.27. The number of hydrogen-bond donors (Lipinski definition) is 0. The predicted octanol–water partition coefficient (Wildman–Crippen LogP) is 3.21. The minimum atomic E-state index is -0.310. The maximum atomic E-state index is 11.4. The zero-order valence-corrected chi connectivity index (χ0v) is 10.9. The van der Waals surface area contributed by atoms with Crippen LogP contribution in [0.25, 0.3) is 11.0 Å². The maximum absolute atomic E-state index is 11.4. The molecule has 3 heteroatoms. The smallest absolute Gasteiger partial charge is 0.336 e. The topological polar surface area (TPSA) is 39.4 Å². The van der Waals surface area contributed by atoms with Crippen molar-refractivity contribution in [2.24, 2.45) is 0 Å². The van der Waals surface area contributed by atoms with Crippen LogP contribution in [0.1, 0.15) is 31.4 Å². The molecule has 3 rings (SSSR count). The summed E-state index contributed by atoms with van der Waals surface area (Å²) >= 11 is 0. The van der Waals surface area contributed by atoms with Crippen LogP contribution in [-0.4, -0.2) is 5.60 Å². The molecule has 0 saturated heterocycles. The summed E-state index contributed by atoms with van der Waals surface area (Å²) in [6, 6.07) is 5.38. The minimum Gasteiger partial charge on any atom is -0.487 e. The molecule has 0 saturated carbocycles. The molecule has 0 bridgehead atoms. The largest absolute Gasteiger partial charge is 0.487 e. The van der Waals surface area contributed by atoms with Crippen LogP contribution >= 0.6 is 0 Å². The van der Waals surface area contributed by atoms with Gasteiger partial charge in [0.2, 0.25) is 0 Å². The van der Waals surface area contributed by atoms with E-state index < -0.39 is 0 Å². The Morgan fingerprint density at radius 3 is 2.83 bits per heavy atom. The highest BCUT2D eigenvalue weighted by Crippen LogP contribution is 2.39. The van der Waals surface area contributed by atoms with Crippen molar-refractivity contribution in [2.75, 3.05) is 0 Å². The number of rotatable bonds is 0. The van der Waals surface area contributed by atoms with Crippen molar-refractivity contribution < 1.29 is 9.15 Å². The number of benzene rings is 1. The lowest BCUT2D eigenvalue weighted by molar-refractivity contribution is 0.0867. The summed E-state index contributed by atoms with van der Waals surface area (Å²) in [5.41, 5.74) is 2.24. The van der Waals surface area contributed by atoms with Gasteiger partial charge in [-0.05, 0) is 50.8 Å². The summed E-state index contributed by atoms with van der Waals surface area (Å²) < 4.78 is 11.3. The molecule has 2 aromatic rings. The molecular weight excluding hydrogens is 228 g/mol. The molecule has 0 fully saturated rings. The van der Waals surface area contributed by atoms with Gasteiger partial charge in [0.15, 0.2) is 0 Å². The van der Waals surface area contributed by atoms with E-state index >= 15 is 0 Å². The van der Waals surface area contributed by atoms with Gasteiger partial charge in [0, 0.05) is 6.07 Å². The van der Waals surface area contributed by atoms with Crippen LogP contribution in [0.5, 0.6) is 5.75 Å². The third-order valence-electron chi connectivity index (χ3n) is 3.52. The molecule has 1 aliphatic rings. The molecule has 18 heavy (non-hydrogen) atoms. The van der Waals surface area contributed by atoms with Gasteiger partial charge in [-0.1, -0.05) is 6.07 Å². The fraction of sp³-hybridized carbons (Fsp3) is 0.400. The van der Waals surface area contributed by atoms with Crippen molar-refractivity contribution in [3.8, 4) is 5.75 Å². The molecule has 3 nitrogen and oxygen atoms in total. The van der Waals surface area contributed by atoms with Crippen LogP contribution < -0.4 is 10.4 Å². The number of aryl methyl sites for hydroxylation is 2. The molecule has 94 valence electrons. The van der Waals surface area contributed by atoms with Crippen LogP contribution in [0.2, 0.25) is 0 Å². The standard InChI is InChI=1S/C15H16O3/c1-9-8-12(16)17-11-5-4-10-6-7-15(2,3)18-14(10)13(9)11/h4-5,8H,6-7H2,1-3H3. The third-order valence-corrected chi connectivity index (χ3v) is 3.52. The molecular formula is C15H16O3. The fourth-order valence-electron chi connectivity index (χ4n) is 2.53. The maximum Gasteiger partial charge on any atom is 0.336 e. The van der Waals surface area contributed by atoms with Crippen molar-refractivity contribution in [1.29, 1.82) is 0 Å². The van der Waals surface area contributed by atoms with Gasteiger partial charge >= 0.3 is 5.63 Å². The van der Waals surface area contributed by atoms with Crippen molar-refractivity contribution in [2.45, 2.75) is 39.2 Å².